The van der Waals surface area contributed by atoms with Crippen LogP contribution < -0.4 is 5.32 Å². The summed E-state index contributed by atoms with van der Waals surface area (Å²) in [5, 5.41) is 3.41. The zero-order chi connectivity index (χ0) is 13.6. The standard InChI is InChI=1S/C16H22N2O/c1-10-4-11(2)6-13(5-10)16(19)18-12(3)7-14-8-17-9-15(14)18/h4-6,12,14-15,17H,7-9H2,1-3H3. The fourth-order valence-electron chi connectivity index (χ4n) is 3.76. The molecule has 2 fully saturated rings. The highest BCUT2D eigenvalue weighted by atomic mass is 16.2. The predicted molar refractivity (Wildman–Crippen MR) is 76.3 cm³/mol. The number of nitrogens with one attached hydrogen (secondary N) is 1. The van der Waals surface area contributed by atoms with Gasteiger partial charge in [-0.25, -0.2) is 0 Å². The van der Waals surface area contributed by atoms with E-state index in [1.807, 2.05) is 12.1 Å². The van der Waals surface area contributed by atoms with Crippen LogP contribution in [0.3, 0.4) is 0 Å². The lowest BCUT2D eigenvalue weighted by atomic mass is 10.0. The summed E-state index contributed by atoms with van der Waals surface area (Å²) in [6.07, 6.45) is 1.13. The van der Waals surface area contributed by atoms with Crippen molar-refractivity contribution in [2.75, 3.05) is 13.1 Å². The van der Waals surface area contributed by atoms with E-state index >= 15 is 0 Å². The number of likely N-dealkylation sites (tertiary alicyclic amines) is 1. The van der Waals surface area contributed by atoms with Gasteiger partial charge in [0, 0.05) is 30.7 Å². The van der Waals surface area contributed by atoms with Crippen molar-refractivity contribution in [3.05, 3.63) is 34.9 Å². The molecule has 0 aliphatic carbocycles. The van der Waals surface area contributed by atoms with Gasteiger partial charge in [0.05, 0.1) is 0 Å². The first-order valence-corrected chi connectivity index (χ1v) is 7.18. The summed E-state index contributed by atoms with van der Waals surface area (Å²) in [7, 11) is 0. The fourth-order valence-corrected chi connectivity index (χ4v) is 3.76. The minimum atomic E-state index is 0.204. The van der Waals surface area contributed by atoms with Gasteiger partial charge in [0.2, 0.25) is 0 Å². The van der Waals surface area contributed by atoms with Crippen molar-refractivity contribution in [3.8, 4) is 0 Å². The van der Waals surface area contributed by atoms with Crippen LogP contribution in [-0.4, -0.2) is 36.0 Å². The molecule has 3 nitrogen and oxygen atoms in total. The van der Waals surface area contributed by atoms with Crippen LogP contribution in [0.2, 0.25) is 0 Å². The third-order valence-corrected chi connectivity index (χ3v) is 4.48. The number of hydrogen-bond acceptors (Lipinski definition) is 2. The number of fused-ring (bicyclic) bond motifs is 1. The third-order valence-electron chi connectivity index (χ3n) is 4.48. The van der Waals surface area contributed by atoms with E-state index in [1.54, 1.807) is 0 Å². The number of nitrogens with zero attached hydrogens (tertiary/aromatic N) is 1. The first kappa shape index (κ1) is 12.7. The number of rotatable bonds is 1. The highest BCUT2D eigenvalue weighted by molar-refractivity contribution is 5.95. The second-order valence-electron chi connectivity index (χ2n) is 6.16. The normalized spacial score (nSPS) is 29.6. The van der Waals surface area contributed by atoms with E-state index in [4.69, 9.17) is 0 Å². The minimum absolute atomic E-state index is 0.204. The number of carbonyl (C=O) groups excluding carboxylic acids is 1. The molecule has 1 amide bonds. The van der Waals surface area contributed by atoms with E-state index < -0.39 is 0 Å². The zero-order valence-electron chi connectivity index (χ0n) is 11.9. The van der Waals surface area contributed by atoms with Crippen molar-refractivity contribution in [3.63, 3.8) is 0 Å². The first-order valence-electron chi connectivity index (χ1n) is 7.18. The molecule has 3 unspecified atom stereocenters. The van der Waals surface area contributed by atoms with Crippen molar-refractivity contribution < 1.29 is 4.79 Å². The minimum Gasteiger partial charge on any atom is -0.331 e. The Morgan fingerprint density at radius 3 is 2.58 bits per heavy atom. The number of hydrogen-bond donors (Lipinski definition) is 1. The Bertz CT molecular complexity index is 491. The van der Waals surface area contributed by atoms with Crippen LogP contribution in [0.25, 0.3) is 0 Å². The van der Waals surface area contributed by atoms with Gasteiger partial charge in [0.25, 0.3) is 5.91 Å². The lowest BCUT2D eigenvalue weighted by molar-refractivity contribution is 0.0682. The van der Waals surface area contributed by atoms with Crippen molar-refractivity contribution in [2.45, 2.75) is 39.3 Å². The lowest BCUT2D eigenvalue weighted by Crippen LogP contribution is -2.42. The molecule has 2 aliphatic heterocycles. The summed E-state index contributed by atoms with van der Waals surface area (Å²) in [6.45, 7) is 8.30. The van der Waals surface area contributed by atoms with Crippen LogP contribution in [0.5, 0.6) is 0 Å². The Morgan fingerprint density at radius 1 is 1.21 bits per heavy atom. The predicted octanol–water partition coefficient (Wildman–Crippen LogP) is 2.13. The van der Waals surface area contributed by atoms with E-state index in [9.17, 15) is 4.79 Å². The van der Waals surface area contributed by atoms with E-state index in [0.717, 1.165) is 36.2 Å². The van der Waals surface area contributed by atoms with Gasteiger partial charge in [-0.3, -0.25) is 4.79 Å². The van der Waals surface area contributed by atoms with Crippen molar-refractivity contribution in [1.82, 2.24) is 10.2 Å². The zero-order valence-corrected chi connectivity index (χ0v) is 11.9. The number of amides is 1. The Morgan fingerprint density at radius 2 is 1.89 bits per heavy atom. The highest BCUT2D eigenvalue weighted by Crippen LogP contribution is 2.33. The van der Waals surface area contributed by atoms with Crippen molar-refractivity contribution in [2.24, 2.45) is 5.92 Å². The average molecular weight is 258 g/mol. The summed E-state index contributed by atoms with van der Waals surface area (Å²) >= 11 is 0. The second kappa shape index (κ2) is 4.64. The molecule has 3 rings (SSSR count). The Hall–Kier alpha value is -1.35. The smallest absolute Gasteiger partial charge is 0.254 e. The monoisotopic (exact) mass is 258 g/mol. The second-order valence-corrected chi connectivity index (χ2v) is 6.16. The summed E-state index contributed by atoms with van der Waals surface area (Å²) < 4.78 is 0. The van der Waals surface area contributed by atoms with Gasteiger partial charge in [-0.05, 0) is 45.2 Å². The fraction of sp³-hybridized carbons (Fsp3) is 0.562. The van der Waals surface area contributed by atoms with Crippen LogP contribution in [-0.2, 0) is 0 Å². The Labute approximate surface area is 115 Å². The summed E-state index contributed by atoms with van der Waals surface area (Å²) in [5.74, 6) is 0.848. The topological polar surface area (TPSA) is 32.3 Å². The molecule has 0 radical (unpaired) electrons. The number of carbonyl (C=O) groups is 1. The van der Waals surface area contributed by atoms with Gasteiger partial charge in [-0.15, -0.1) is 0 Å². The van der Waals surface area contributed by atoms with E-state index in [1.165, 1.54) is 0 Å². The molecule has 3 atom stereocenters. The van der Waals surface area contributed by atoms with Gasteiger partial charge in [-0.2, -0.15) is 0 Å². The molecule has 1 aromatic rings. The van der Waals surface area contributed by atoms with Gasteiger partial charge in [0.1, 0.15) is 0 Å². The Kier molecular flexibility index (Phi) is 3.09. The molecule has 3 heteroatoms. The SMILES string of the molecule is Cc1cc(C)cc(C(=O)N2C(C)CC3CNCC32)c1. The maximum Gasteiger partial charge on any atom is 0.254 e. The molecule has 0 aromatic heterocycles. The molecular formula is C16H22N2O. The van der Waals surface area contributed by atoms with Crippen molar-refractivity contribution in [1.29, 1.82) is 0 Å². The first-order chi connectivity index (χ1) is 9.06. The summed E-state index contributed by atoms with van der Waals surface area (Å²) in [5.41, 5.74) is 3.17. The van der Waals surface area contributed by atoms with Gasteiger partial charge in [0.15, 0.2) is 0 Å². The molecule has 2 heterocycles. The van der Waals surface area contributed by atoms with Crippen LogP contribution in [0.4, 0.5) is 0 Å². The molecule has 0 bridgehead atoms. The maximum absolute atomic E-state index is 12.8. The highest BCUT2D eigenvalue weighted by Gasteiger charge is 2.44. The van der Waals surface area contributed by atoms with Crippen LogP contribution in [0.1, 0.15) is 34.8 Å². The molecule has 2 saturated heterocycles. The van der Waals surface area contributed by atoms with Crippen molar-refractivity contribution >= 4 is 5.91 Å². The van der Waals surface area contributed by atoms with Gasteiger partial charge >= 0.3 is 0 Å². The molecule has 19 heavy (non-hydrogen) atoms. The molecule has 1 aromatic carbocycles. The number of aryl methyl sites for hydroxylation is 2. The Balaban J connectivity index is 1.90. The van der Waals surface area contributed by atoms with E-state index in [-0.39, 0.29) is 5.91 Å². The third kappa shape index (κ3) is 2.16. The molecule has 102 valence electrons. The van der Waals surface area contributed by atoms with Gasteiger partial charge in [-0.1, -0.05) is 17.2 Å². The molecule has 0 saturated carbocycles. The molecule has 1 N–H and O–H groups in total. The summed E-state index contributed by atoms with van der Waals surface area (Å²) in [4.78, 5) is 14.9. The number of benzene rings is 1. The summed E-state index contributed by atoms with van der Waals surface area (Å²) in [6, 6.07) is 6.90. The van der Waals surface area contributed by atoms with E-state index in [0.29, 0.717) is 18.0 Å². The van der Waals surface area contributed by atoms with Crippen LogP contribution in [0, 0.1) is 19.8 Å². The molecule has 0 spiro atoms. The van der Waals surface area contributed by atoms with Crippen LogP contribution in [0.15, 0.2) is 18.2 Å². The average Bonchev–Trinajstić information content (AvgIpc) is 2.86. The lowest BCUT2D eigenvalue weighted by Gasteiger charge is -2.28. The van der Waals surface area contributed by atoms with Gasteiger partial charge < -0.3 is 10.2 Å². The molecule has 2 aliphatic rings. The van der Waals surface area contributed by atoms with Crippen LogP contribution >= 0.6 is 0 Å². The largest absolute Gasteiger partial charge is 0.331 e. The maximum atomic E-state index is 12.8. The quantitative estimate of drug-likeness (QED) is 0.837. The van der Waals surface area contributed by atoms with E-state index in [2.05, 4.69) is 37.1 Å². The molecular weight excluding hydrogens is 236 g/mol.